The van der Waals surface area contributed by atoms with Gasteiger partial charge in [-0.25, -0.2) is 0 Å². The molecule has 1 atom stereocenters. The minimum atomic E-state index is 0.00178. The molecule has 1 nitrogen and oxygen atoms in total. The summed E-state index contributed by atoms with van der Waals surface area (Å²) in [4.78, 5) is 4.58. The van der Waals surface area contributed by atoms with Gasteiger partial charge >= 0.3 is 0 Å². The fourth-order valence-corrected chi connectivity index (χ4v) is 6.02. The fourth-order valence-electron chi connectivity index (χ4n) is 6.02. The highest BCUT2D eigenvalue weighted by Gasteiger charge is 2.47. The third kappa shape index (κ3) is 2.75. The first-order valence-electron chi connectivity index (χ1n) is 11.6. The van der Waals surface area contributed by atoms with Crippen molar-refractivity contribution in [2.75, 3.05) is 0 Å². The highest BCUT2D eigenvalue weighted by molar-refractivity contribution is 5.85. The van der Waals surface area contributed by atoms with Crippen LogP contribution < -0.4 is 0 Å². The number of nitrogens with zero attached hydrogens (tertiary/aromatic N) is 1. The maximum absolute atomic E-state index is 4.58. The minimum absolute atomic E-state index is 0.00178. The molecule has 5 aromatic rings. The lowest BCUT2D eigenvalue weighted by molar-refractivity contribution is 0.564. The summed E-state index contributed by atoms with van der Waals surface area (Å²) in [6.07, 6.45) is 3.96. The molecule has 0 saturated carbocycles. The SMILES string of the molecule is c1ccc(-c2ccc3c(c2)C2(Cc4ccc(-c5ccccn5)cc4C2)c2ccccc2-3)cc1. The molecule has 7 rings (SSSR count). The Hall–Kier alpha value is -3.97. The monoisotopic (exact) mass is 421 g/mol. The second kappa shape index (κ2) is 7.02. The van der Waals surface area contributed by atoms with E-state index in [1.807, 2.05) is 12.3 Å². The van der Waals surface area contributed by atoms with Crippen LogP contribution in [0.5, 0.6) is 0 Å². The molecule has 0 saturated heterocycles. The van der Waals surface area contributed by atoms with Gasteiger partial charge in [0.1, 0.15) is 0 Å². The van der Waals surface area contributed by atoms with Crippen molar-refractivity contribution in [3.63, 3.8) is 0 Å². The van der Waals surface area contributed by atoms with E-state index < -0.39 is 0 Å². The topological polar surface area (TPSA) is 12.9 Å². The number of benzene rings is 4. The Morgan fingerprint density at radius 2 is 1.27 bits per heavy atom. The Balaban J connectivity index is 1.39. The standard InChI is InChI=1S/C32H23N/c1-2-8-22(9-3-1)23-15-16-28-27-10-4-5-11-29(27)32(30(28)19-23)20-25-14-13-24(18-26(25)21-32)31-12-6-7-17-33-31/h1-19H,20-21H2. The Bertz CT molecular complexity index is 1500. The third-order valence-corrected chi connectivity index (χ3v) is 7.53. The van der Waals surface area contributed by atoms with Crippen molar-refractivity contribution in [1.29, 1.82) is 0 Å². The molecule has 1 spiro atoms. The van der Waals surface area contributed by atoms with Crippen molar-refractivity contribution >= 4 is 0 Å². The van der Waals surface area contributed by atoms with Crippen molar-refractivity contribution in [2.45, 2.75) is 18.3 Å². The summed E-state index contributed by atoms with van der Waals surface area (Å²) >= 11 is 0. The van der Waals surface area contributed by atoms with E-state index in [2.05, 4.69) is 108 Å². The molecule has 0 bridgehead atoms. The summed E-state index contributed by atoms with van der Waals surface area (Å²) in [6.45, 7) is 0. The summed E-state index contributed by atoms with van der Waals surface area (Å²) in [5, 5.41) is 0. The molecule has 0 aliphatic heterocycles. The van der Waals surface area contributed by atoms with Crippen LogP contribution in [0.15, 0.2) is 115 Å². The molecule has 156 valence electrons. The zero-order chi connectivity index (χ0) is 21.8. The maximum atomic E-state index is 4.58. The van der Waals surface area contributed by atoms with Crippen LogP contribution in [-0.4, -0.2) is 4.98 Å². The summed E-state index contributed by atoms with van der Waals surface area (Å²) in [6, 6.07) is 39.9. The first kappa shape index (κ1) is 18.6. The quantitative estimate of drug-likeness (QED) is 0.288. The maximum Gasteiger partial charge on any atom is 0.0702 e. The second-order valence-electron chi connectivity index (χ2n) is 9.31. The molecule has 2 aliphatic rings. The van der Waals surface area contributed by atoms with Gasteiger partial charge in [-0.05, 0) is 81.6 Å². The van der Waals surface area contributed by atoms with Gasteiger partial charge in [-0.15, -0.1) is 0 Å². The third-order valence-electron chi connectivity index (χ3n) is 7.53. The average molecular weight is 422 g/mol. The minimum Gasteiger partial charge on any atom is -0.256 e. The van der Waals surface area contributed by atoms with E-state index in [1.165, 1.54) is 50.1 Å². The molecule has 2 aliphatic carbocycles. The van der Waals surface area contributed by atoms with E-state index in [9.17, 15) is 0 Å². The molecule has 0 fully saturated rings. The van der Waals surface area contributed by atoms with Crippen LogP contribution in [0.1, 0.15) is 22.3 Å². The van der Waals surface area contributed by atoms with Crippen LogP contribution >= 0.6 is 0 Å². The van der Waals surface area contributed by atoms with Gasteiger partial charge in [0.05, 0.1) is 5.69 Å². The lowest BCUT2D eigenvalue weighted by atomic mass is 9.75. The zero-order valence-electron chi connectivity index (χ0n) is 18.3. The van der Waals surface area contributed by atoms with Crippen molar-refractivity contribution in [3.05, 3.63) is 138 Å². The molecule has 33 heavy (non-hydrogen) atoms. The Kier molecular flexibility index (Phi) is 3.95. The number of hydrogen-bond acceptors (Lipinski definition) is 1. The van der Waals surface area contributed by atoms with Gasteiger partial charge in [-0.2, -0.15) is 0 Å². The fraction of sp³-hybridized carbons (Fsp3) is 0.0938. The van der Waals surface area contributed by atoms with Crippen LogP contribution in [0.3, 0.4) is 0 Å². The van der Waals surface area contributed by atoms with Crippen LogP contribution in [0.4, 0.5) is 0 Å². The van der Waals surface area contributed by atoms with Gasteiger partial charge in [-0.1, -0.05) is 84.9 Å². The molecular weight excluding hydrogens is 398 g/mol. The van der Waals surface area contributed by atoms with Crippen LogP contribution in [0.25, 0.3) is 33.5 Å². The van der Waals surface area contributed by atoms with Gasteiger partial charge in [0.15, 0.2) is 0 Å². The molecule has 1 heterocycles. The summed E-state index contributed by atoms with van der Waals surface area (Å²) in [5.74, 6) is 0. The lowest BCUT2D eigenvalue weighted by Crippen LogP contribution is -2.25. The predicted molar refractivity (Wildman–Crippen MR) is 135 cm³/mol. The number of hydrogen-bond donors (Lipinski definition) is 0. The average Bonchev–Trinajstić information content (AvgIpc) is 3.41. The van der Waals surface area contributed by atoms with Gasteiger partial charge in [-0.3, -0.25) is 4.98 Å². The van der Waals surface area contributed by atoms with E-state index in [4.69, 9.17) is 0 Å². The van der Waals surface area contributed by atoms with E-state index in [-0.39, 0.29) is 5.41 Å². The van der Waals surface area contributed by atoms with Crippen molar-refractivity contribution < 1.29 is 0 Å². The largest absolute Gasteiger partial charge is 0.256 e. The van der Waals surface area contributed by atoms with E-state index in [0.717, 1.165) is 18.5 Å². The smallest absolute Gasteiger partial charge is 0.0702 e. The molecule has 1 aromatic heterocycles. The van der Waals surface area contributed by atoms with Crippen molar-refractivity contribution in [3.8, 4) is 33.5 Å². The first-order chi connectivity index (χ1) is 16.3. The first-order valence-corrected chi connectivity index (χ1v) is 11.6. The Morgan fingerprint density at radius 1 is 0.515 bits per heavy atom. The molecular formula is C32H23N. The van der Waals surface area contributed by atoms with Crippen LogP contribution in [0, 0.1) is 0 Å². The van der Waals surface area contributed by atoms with Gasteiger partial charge in [0.2, 0.25) is 0 Å². The lowest BCUT2D eigenvalue weighted by Gasteiger charge is -2.27. The number of aromatic nitrogens is 1. The summed E-state index contributed by atoms with van der Waals surface area (Å²) < 4.78 is 0. The molecule has 0 radical (unpaired) electrons. The molecule has 1 heteroatoms. The Labute approximate surface area is 194 Å². The highest BCUT2D eigenvalue weighted by Crippen LogP contribution is 2.56. The van der Waals surface area contributed by atoms with E-state index in [1.54, 1.807) is 0 Å². The summed E-state index contributed by atoms with van der Waals surface area (Å²) in [5.41, 5.74) is 13.5. The van der Waals surface area contributed by atoms with Gasteiger partial charge < -0.3 is 0 Å². The molecule has 4 aromatic carbocycles. The van der Waals surface area contributed by atoms with Gasteiger partial charge in [0, 0.05) is 17.2 Å². The number of rotatable bonds is 2. The molecule has 1 unspecified atom stereocenters. The Morgan fingerprint density at radius 3 is 2.15 bits per heavy atom. The summed E-state index contributed by atoms with van der Waals surface area (Å²) in [7, 11) is 0. The highest BCUT2D eigenvalue weighted by atomic mass is 14.7. The van der Waals surface area contributed by atoms with E-state index in [0.29, 0.717) is 0 Å². The number of pyridine rings is 1. The second-order valence-corrected chi connectivity index (χ2v) is 9.31. The van der Waals surface area contributed by atoms with Crippen molar-refractivity contribution in [2.24, 2.45) is 0 Å². The van der Waals surface area contributed by atoms with Crippen LogP contribution in [-0.2, 0) is 18.3 Å². The normalized spacial score (nSPS) is 17.6. The molecule has 0 amide bonds. The van der Waals surface area contributed by atoms with E-state index >= 15 is 0 Å². The number of fused-ring (bicyclic) bond motifs is 6. The van der Waals surface area contributed by atoms with Gasteiger partial charge in [0.25, 0.3) is 0 Å². The predicted octanol–water partition coefficient (Wildman–Crippen LogP) is 7.48. The van der Waals surface area contributed by atoms with Crippen LogP contribution in [0.2, 0.25) is 0 Å². The molecule has 0 N–H and O–H groups in total. The van der Waals surface area contributed by atoms with Crippen molar-refractivity contribution in [1.82, 2.24) is 4.98 Å². The zero-order valence-corrected chi connectivity index (χ0v) is 18.3.